The minimum absolute atomic E-state index is 0.911. The average molecular weight is 370 g/mol. The Balaban J connectivity index is 1.99. The van der Waals surface area contributed by atoms with Gasteiger partial charge < -0.3 is 9.74 Å². The zero-order valence-electron chi connectivity index (χ0n) is 16.2. The Bertz CT molecular complexity index is 1130. The molecule has 4 rings (SSSR count). The van der Waals surface area contributed by atoms with E-state index in [1.807, 2.05) is 44.7 Å². The van der Waals surface area contributed by atoms with Gasteiger partial charge in [-0.2, -0.15) is 0 Å². The normalized spacial score (nSPS) is 11.2. The van der Waals surface area contributed by atoms with Crippen LogP contribution in [0.4, 0.5) is 5.69 Å². The molecule has 0 aliphatic rings. The molecule has 0 amide bonds. The van der Waals surface area contributed by atoms with E-state index in [0.29, 0.717) is 0 Å². The van der Waals surface area contributed by atoms with Gasteiger partial charge in [0.25, 0.3) is 0 Å². The van der Waals surface area contributed by atoms with Gasteiger partial charge >= 0.3 is 0 Å². The third-order valence-electron chi connectivity index (χ3n) is 4.68. The molecule has 0 unspecified atom stereocenters. The Morgan fingerprint density at radius 2 is 1.82 bits per heavy atom. The zero-order chi connectivity index (χ0) is 19.5. The fraction of sp³-hybridized carbons (Fsp3) is 0.130. The zero-order valence-corrected chi connectivity index (χ0v) is 16.2. The van der Waals surface area contributed by atoms with E-state index in [0.717, 1.165) is 39.1 Å². The van der Waals surface area contributed by atoms with Crippen molar-refractivity contribution >= 4 is 22.9 Å². The smallest absolute Gasteiger partial charge is 0.106 e. The summed E-state index contributed by atoms with van der Waals surface area (Å²) in [7, 11) is 5.63. The lowest BCUT2D eigenvalue weighted by Crippen LogP contribution is -2.08. The number of benzene rings is 3. The van der Waals surface area contributed by atoms with Crippen LogP contribution in [0.25, 0.3) is 27.8 Å². The number of oxime groups is 1. The Labute approximate surface area is 164 Å². The highest BCUT2D eigenvalue weighted by Crippen LogP contribution is 2.33. The molecular formula is C23H22N4O. The lowest BCUT2D eigenvalue weighted by atomic mass is 10.0. The van der Waals surface area contributed by atoms with Crippen molar-refractivity contribution < 1.29 is 4.84 Å². The molecule has 1 heterocycles. The Morgan fingerprint density at radius 1 is 1.00 bits per heavy atom. The third kappa shape index (κ3) is 3.34. The van der Waals surface area contributed by atoms with E-state index in [1.54, 1.807) is 13.3 Å². The topological polar surface area (TPSA) is 42.6 Å². The first-order valence-electron chi connectivity index (χ1n) is 9.08. The fourth-order valence-corrected chi connectivity index (χ4v) is 3.31. The molecule has 0 bridgehead atoms. The molecule has 0 atom stereocenters. The van der Waals surface area contributed by atoms with Crippen LogP contribution in [0.2, 0.25) is 0 Å². The van der Waals surface area contributed by atoms with E-state index in [4.69, 9.17) is 4.84 Å². The highest BCUT2D eigenvalue weighted by Gasteiger charge is 2.14. The van der Waals surface area contributed by atoms with Gasteiger partial charge in [-0.1, -0.05) is 35.5 Å². The Kier molecular flexibility index (Phi) is 4.81. The highest BCUT2D eigenvalue weighted by atomic mass is 16.6. The molecule has 0 spiro atoms. The van der Waals surface area contributed by atoms with Crippen LogP contribution in [0.5, 0.6) is 0 Å². The standard InChI is InChI=1S/C23H22N4O/c1-26(2)20-11-7-8-18(14-20)21-12-17(15-25-28-3)13-22-23(21)27(16-24-22)19-9-5-4-6-10-19/h4-16H,1-3H3/b25-15+. The van der Waals surface area contributed by atoms with Crippen molar-refractivity contribution in [3.05, 3.63) is 78.6 Å². The summed E-state index contributed by atoms with van der Waals surface area (Å²) in [5, 5.41) is 3.93. The first-order chi connectivity index (χ1) is 13.7. The van der Waals surface area contributed by atoms with Crippen LogP contribution in [0, 0.1) is 0 Å². The second-order valence-electron chi connectivity index (χ2n) is 6.75. The maximum absolute atomic E-state index is 4.87. The molecule has 0 N–H and O–H groups in total. The molecule has 0 aliphatic carbocycles. The van der Waals surface area contributed by atoms with E-state index in [9.17, 15) is 0 Å². The van der Waals surface area contributed by atoms with Gasteiger partial charge in [0.15, 0.2) is 0 Å². The van der Waals surface area contributed by atoms with Crippen molar-refractivity contribution in [3.63, 3.8) is 0 Å². The minimum Gasteiger partial charge on any atom is -0.399 e. The molecule has 1 aromatic heterocycles. The number of hydrogen-bond donors (Lipinski definition) is 0. The SMILES string of the molecule is CO/N=C/c1cc(-c2cccc(N(C)C)c2)c2c(c1)ncn2-c1ccccc1. The summed E-state index contributed by atoms with van der Waals surface area (Å²) in [5.74, 6) is 0. The second-order valence-corrected chi connectivity index (χ2v) is 6.75. The molecule has 0 fully saturated rings. The molecule has 0 saturated carbocycles. The predicted octanol–water partition coefficient (Wildman–Crippen LogP) is 4.74. The third-order valence-corrected chi connectivity index (χ3v) is 4.68. The van der Waals surface area contributed by atoms with E-state index in [-0.39, 0.29) is 0 Å². The van der Waals surface area contributed by atoms with Crippen LogP contribution >= 0.6 is 0 Å². The molecule has 28 heavy (non-hydrogen) atoms. The van der Waals surface area contributed by atoms with Gasteiger partial charge in [0, 0.05) is 31.0 Å². The molecule has 5 heteroatoms. The van der Waals surface area contributed by atoms with E-state index in [2.05, 4.69) is 62.1 Å². The summed E-state index contributed by atoms with van der Waals surface area (Å²) < 4.78 is 2.13. The van der Waals surface area contributed by atoms with Gasteiger partial charge in [0.05, 0.1) is 17.2 Å². The fourth-order valence-electron chi connectivity index (χ4n) is 3.31. The van der Waals surface area contributed by atoms with Gasteiger partial charge in [0.2, 0.25) is 0 Å². The van der Waals surface area contributed by atoms with Crippen molar-refractivity contribution in [1.29, 1.82) is 0 Å². The maximum Gasteiger partial charge on any atom is 0.106 e. The summed E-state index contributed by atoms with van der Waals surface area (Å²) >= 11 is 0. The van der Waals surface area contributed by atoms with Gasteiger partial charge in [-0.3, -0.25) is 4.57 Å². The van der Waals surface area contributed by atoms with Crippen molar-refractivity contribution in [2.75, 3.05) is 26.1 Å². The summed E-state index contributed by atoms with van der Waals surface area (Å²) in [6.07, 6.45) is 3.58. The molecule has 0 saturated heterocycles. The van der Waals surface area contributed by atoms with Gasteiger partial charge in [0.1, 0.15) is 13.4 Å². The number of para-hydroxylation sites is 1. The first-order valence-corrected chi connectivity index (χ1v) is 9.08. The number of fused-ring (bicyclic) bond motifs is 1. The number of nitrogens with zero attached hydrogens (tertiary/aromatic N) is 4. The Hall–Kier alpha value is -3.60. The number of imidazole rings is 1. The van der Waals surface area contributed by atoms with E-state index >= 15 is 0 Å². The van der Waals surface area contributed by atoms with E-state index < -0.39 is 0 Å². The van der Waals surface area contributed by atoms with Crippen LogP contribution in [0.1, 0.15) is 5.56 Å². The van der Waals surface area contributed by atoms with Crippen molar-refractivity contribution in [2.24, 2.45) is 5.16 Å². The summed E-state index contributed by atoms with van der Waals surface area (Å²) in [5.41, 5.74) is 7.37. The summed E-state index contributed by atoms with van der Waals surface area (Å²) in [6.45, 7) is 0. The molecule has 140 valence electrons. The predicted molar refractivity (Wildman–Crippen MR) is 115 cm³/mol. The number of hydrogen-bond acceptors (Lipinski definition) is 4. The highest BCUT2D eigenvalue weighted by molar-refractivity contribution is 5.98. The van der Waals surface area contributed by atoms with Gasteiger partial charge in [-0.05, 0) is 47.5 Å². The number of rotatable bonds is 5. The molecule has 3 aromatic carbocycles. The van der Waals surface area contributed by atoms with Gasteiger partial charge in [-0.15, -0.1) is 0 Å². The van der Waals surface area contributed by atoms with Crippen molar-refractivity contribution in [1.82, 2.24) is 9.55 Å². The van der Waals surface area contributed by atoms with Crippen LogP contribution < -0.4 is 4.90 Å². The van der Waals surface area contributed by atoms with Gasteiger partial charge in [-0.25, -0.2) is 4.98 Å². The quantitative estimate of drug-likeness (QED) is 0.376. The van der Waals surface area contributed by atoms with Crippen molar-refractivity contribution in [2.45, 2.75) is 0 Å². The van der Waals surface area contributed by atoms with Crippen molar-refractivity contribution in [3.8, 4) is 16.8 Å². The lowest BCUT2D eigenvalue weighted by molar-refractivity contribution is 0.215. The Morgan fingerprint density at radius 3 is 2.57 bits per heavy atom. The number of anilines is 1. The average Bonchev–Trinajstić information content (AvgIpc) is 3.16. The molecular weight excluding hydrogens is 348 g/mol. The summed E-state index contributed by atoms with van der Waals surface area (Å²) in [6, 6.07) is 22.9. The minimum atomic E-state index is 0.911. The van der Waals surface area contributed by atoms with Crippen LogP contribution in [-0.4, -0.2) is 37.0 Å². The molecule has 0 radical (unpaired) electrons. The van der Waals surface area contributed by atoms with Crippen LogP contribution in [0.3, 0.4) is 0 Å². The van der Waals surface area contributed by atoms with Crippen LogP contribution in [0.15, 0.2) is 78.2 Å². The second kappa shape index (κ2) is 7.56. The first kappa shape index (κ1) is 17.8. The largest absolute Gasteiger partial charge is 0.399 e. The molecule has 5 nitrogen and oxygen atoms in total. The monoisotopic (exact) mass is 370 g/mol. The van der Waals surface area contributed by atoms with E-state index in [1.165, 1.54) is 0 Å². The maximum atomic E-state index is 4.87. The lowest BCUT2D eigenvalue weighted by Gasteiger charge is -2.15. The van der Waals surface area contributed by atoms with Crippen LogP contribution in [-0.2, 0) is 4.84 Å². The number of aromatic nitrogens is 2. The molecule has 0 aliphatic heterocycles. The molecule has 4 aromatic rings. The summed E-state index contributed by atoms with van der Waals surface area (Å²) in [4.78, 5) is 11.6.